The van der Waals surface area contributed by atoms with Crippen LogP contribution in [-0.4, -0.2) is 87.5 Å². The maximum absolute atomic E-state index is 13.0. The molecule has 1 heterocycles. The predicted molar refractivity (Wildman–Crippen MR) is 258 cm³/mol. The van der Waals surface area contributed by atoms with Crippen LogP contribution >= 0.6 is 0 Å². The maximum atomic E-state index is 13.0. The van der Waals surface area contributed by atoms with Crippen LogP contribution in [0.25, 0.3) is 0 Å². The second-order valence-electron chi connectivity index (χ2n) is 19.4. The average Bonchev–Trinajstić information content (AvgIpc) is 3.27. The topological polar surface area (TPSA) is 149 Å². The molecule has 0 aromatic carbocycles. The Bertz CT molecular complexity index is 939. The molecule has 1 fully saturated rings. The molecule has 1 amide bonds. The largest absolute Gasteiger partial charge is 0.394 e. The molecule has 7 unspecified atom stereocenters. The quantitative estimate of drug-likeness (QED) is 0.0331. The smallest absolute Gasteiger partial charge is 0.220 e. The first-order chi connectivity index (χ1) is 30.3. The summed E-state index contributed by atoms with van der Waals surface area (Å²) < 4.78 is 11.3. The number of aliphatic hydroxyl groups is 5. The number of nitrogens with one attached hydrogen (secondary N) is 1. The van der Waals surface area contributed by atoms with Crippen LogP contribution in [0.2, 0.25) is 0 Å². The van der Waals surface area contributed by atoms with E-state index in [0.717, 1.165) is 38.5 Å². The van der Waals surface area contributed by atoms with Crippen molar-refractivity contribution in [3.8, 4) is 0 Å². The number of unbranched alkanes of at least 4 members (excludes halogenated alkanes) is 37. The van der Waals surface area contributed by atoms with Crippen molar-refractivity contribution in [3.63, 3.8) is 0 Å². The lowest BCUT2D eigenvalue weighted by Crippen LogP contribution is -2.60. The predicted octanol–water partition coefficient (Wildman–Crippen LogP) is 12.7. The third-order valence-corrected chi connectivity index (χ3v) is 13.5. The fraction of sp³-hybridized carbons (Fsp3) is 0.981. The number of rotatable bonds is 47. The van der Waals surface area contributed by atoms with Crippen LogP contribution in [0, 0.1) is 0 Å². The molecule has 9 nitrogen and oxygen atoms in total. The van der Waals surface area contributed by atoms with E-state index in [1.807, 2.05) is 0 Å². The molecule has 0 aromatic rings. The normalized spacial score (nSPS) is 20.1. The summed E-state index contributed by atoms with van der Waals surface area (Å²) in [6.07, 6.45) is 44.1. The van der Waals surface area contributed by atoms with Gasteiger partial charge in [0.1, 0.15) is 24.4 Å². The number of hydrogen-bond acceptors (Lipinski definition) is 8. The lowest BCUT2D eigenvalue weighted by molar-refractivity contribution is -0.302. The summed E-state index contributed by atoms with van der Waals surface area (Å²) in [5.74, 6) is -0.138. The summed E-state index contributed by atoms with van der Waals surface area (Å²) in [5, 5.41) is 54.6. The molecule has 6 N–H and O–H groups in total. The van der Waals surface area contributed by atoms with E-state index in [4.69, 9.17) is 9.47 Å². The molecule has 0 aromatic heterocycles. The molecule has 62 heavy (non-hydrogen) atoms. The van der Waals surface area contributed by atoms with Gasteiger partial charge in [0.15, 0.2) is 6.29 Å². The monoisotopic (exact) mass is 884 g/mol. The molecule has 0 aliphatic carbocycles. The Morgan fingerprint density at radius 3 is 1.15 bits per heavy atom. The molecule has 0 spiro atoms. The van der Waals surface area contributed by atoms with E-state index in [9.17, 15) is 30.3 Å². The van der Waals surface area contributed by atoms with E-state index in [1.54, 1.807) is 0 Å². The fourth-order valence-electron chi connectivity index (χ4n) is 9.11. The summed E-state index contributed by atoms with van der Waals surface area (Å²) in [6, 6.07) is -0.712. The van der Waals surface area contributed by atoms with Gasteiger partial charge in [-0.2, -0.15) is 0 Å². The van der Waals surface area contributed by atoms with Gasteiger partial charge in [0.25, 0.3) is 0 Å². The Balaban J connectivity index is 2.21. The number of carbonyl (C=O) groups is 1. The van der Waals surface area contributed by atoms with Crippen molar-refractivity contribution in [2.24, 2.45) is 0 Å². The molecular formula is C53H105NO8. The Morgan fingerprint density at radius 1 is 0.484 bits per heavy atom. The Labute approximate surface area is 383 Å². The molecular weight excluding hydrogens is 779 g/mol. The summed E-state index contributed by atoms with van der Waals surface area (Å²) >= 11 is 0. The van der Waals surface area contributed by atoms with Gasteiger partial charge < -0.3 is 40.3 Å². The van der Waals surface area contributed by atoms with Gasteiger partial charge in [-0.1, -0.05) is 258 Å². The highest BCUT2D eigenvalue weighted by Crippen LogP contribution is 2.23. The van der Waals surface area contributed by atoms with E-state index in [-0.39, 0.29) is 12.5 Å². The zero-order valence-corrected chi connectivity index (χ0v) is 40.9. The van der Waals surface area contributed by atoms with Gasteiger partial charge in [-0.25, -0.2) is 0 Å². The number of hydrogen-bond donors (Lipinski definition) is 6. The highest BCUT2D eigenvalue weighted by Gasteiger charge is 2.44. The minimum Gasteiger partial charge on any atom is -0.394 e. The minimum atomic E-state index is -1.55. The second kappa shape index (κ2) is 44.0. The Hall–Kier alpha value is -0.810. The lowest BCUT2D eigenvalue weighted by atomic mass is 9.99. The molecule has 0 saturated carbocycles. The van der Waals surface area contributed by atoms with Crippen LogP contribution in [0.15, 0.2) is 0 Å². The minimum absolute atomic E-state index is 0.131. The van der Waals surface area contributed by atoms with Crippen molar-refractivity contribution in [1.29, 1.82) is 0 Å². The Morgan fingerprint density at radius 2 is 0.806 bits per heavy atom. The van der Waals surface area contributed by atoms with Crippen LogP contribution in [0.4, 0.5) is 0 Å². The zero-order chi connectivity index (χ0) is 45.1. The summed E-state index contributed by atoms with van der Waals surface area (Å²) in [5.41, 5.74) is 0. The van der Waals surface area contributed by atoms with Crippen molar-refractivity contribution in [3.05, 3.63) is 0 Å². The van der Waals surface area contributed by atoms with E-state index in [0.29, 0.717) is 12.8 Å². The van der Waals surface area contributed by atoms with Gasteiger partial charge in [0, 0.05) is 6.42 Å². The third kappa shape index (κ3) is 33.6. The van der Waals surface area contributed by atoms with E-state index in [2.05, 4.69) is 19.2 Å². The van der Waals surface area contributed by atoms with Crippen LogP contribution in [0.3, 0.4) is 0 Å². The summed E-state index contributed by atoms with van der Waals surface area (Å²) in [7, 11) is 0. The first-order valence-corrected chi connectivity index (χ1v) is 27.2. The molecule has 1 rings (SSSR count). The highest BCUT2D eigenvalue weighted by atomic mass is 16.7. The van der Waals surface area contributed by atoms with Gasteiger partial charge in [0.2, 0.25) is 5.91 Å². The van der Waals surface area contributed by atoms with Crippen LogP contribution in [-0.2, 0) is 14.3 Å². The number of amides is 1. The van der Waals surface area contributed by atoms with Crippen LogP contribution in [0.1, 0.15) is 277 Å². The van der Waals surface area contributed by atoms with Gasteiger partial charge in [0.05, 0.1) is 25.4 Å². The van der Waals surface area contributed by atoms with Gasteiger partial charge in [-0.15, -0.1) is 0 Å². The van der Waals surface area contributed by atoms with Gasteiger partial charge in [-0.3, -0.25) is 4.79 Å². The number of ether oxygens (including phenoxy) is 2. The third-order valence-electron chi connectivity index (χ3n) is 13.5. The van der Waals surface area contributed by atoms with E-state index >= 15 is 0 Å². The van der Waals surface area contributed by atoms with E-state index < -0.39 is 49.5 Å². The maximum Gasteiger partial charge on any atom is 0.220 e. The fourth-order valence-corrected chi connectivity index (χ4v) is 9.11. The van der Waals surface area contributed by atoms with E-state index in [1.165, 1.54) is 212 Å². The molecule has 1 aliphatic heterocycles. The zero-order valence-electron chi connectivity index (χ0n) is 40.9. The number of aliphatic hydroxyl groups excluding tert-OH is 5. The molecule has 0 radical (unpaired) electrons. The van der Waals surface area contributed by atoms with Crippen molar-refractivity contribution >= 4 is 5.91 Å². The highest BCUT2D eigenvalue weighted by molar-refractivity contribution is 5.76. The average molecular weight is 884 g/mol. The second-order valence-corrected chi connectivity index (χ2v) is 19.4. The first-order valence-electron chi connectivity index (χ1n) is 27.2. The lowest BCUT2D eigenvalue weighted by Gasteiger charge is -2.40. The van der Waals surface area contributed by atoms with Crippen molar-refractivity contribution in [1.82, 2.24) is 5.32 Å². The van der Waals surface area contributed by atoms with Crippen LogP contribution < -0.4 is 5.32 Å². The summed E-state index contributed by atoms with van der Waals surface area (Å²) in [4.78, 5) is 13.0. The first kappa shape index (κ1) is 59.2. The molecule has 0 bridgehead atoms. The van der Waals surface area contributed by atoms with Crippen molar-refractivity contribution in [2.75, 3.05) is 13.2 Å². The molecule has 9 heteroatoms. The SMILES string of the molecule is CCCCCCCCCCCCCCCCCCCCCCCCCC(O)C(COC1OC(CO)C(O)C(O)C1O)NC(=O)CCCCCCCCCCCCCCCCCC. The van der Waals surface area contributed by atoms with Crippen molar-refractivity contribution < 1.29 is 39.8 Å². The standard InChI is InChI=1S/C53H105NO8/c1-3-5-7-9-11-13-15-17-19-21-22-23-24-25-26-27-28-30-32-34-36-38-40-42-47(56)46(45-61-53-52(60)51(59)50(58)48(44-55)62-53)54-49(57)43-41-39-37-35-33-31-29-20-18-16-14-12-10-8-6-4-2/h46-48,50-53,55-56,58-60H,3-45H2,1-2H3,(H,54,57). The van der Waals surface area contributed by atoms with Crippen molar-refractivity contribution in [2.45, 2.75) is 320 Å². The number of carbonyl (C=O) groups excluding carboxylic acids is 1. The molecule has 7 atom stereocenters. The van der Waals surface area contributed by atoms with Gasteiger partial charge >= 0.3 is 0 Å². The molecule has 1 saturated heterocycles. The summed E-state index contributed by atoms with van der Waals surface area (Å²) in [6.45, 7) is 3.88. The molecule has 1 aliphatic rings. The van der Waals surface area contributed by atoms with Crippen LogP contribution in [0.5, 0.6) is 0 Å². The van der Waals surface area contributed by atoms with Gasteiger partial charge in [-0.05, 0) is 12.8 Å². The molecule has 370 valence electrons. The Kier molecular flexibility index (Phi) is 42.1.